The van der Waals surface area contributed by atoms with Crippen molar-refractivity contribution >= 4 is 33.4 Å². The van der Waals surface area contributed by atoms with Gasteiger partial charge >= 0.3 is 0 Å². The summed E-state index contributed by atoms with van der Waals surface area (Å²) in [4.78, 5) is 21.1. The van der Waals surface area contributed by atoms with Crippen molar-refractivity contribution in [1.82, 2.24) is 9.97 Å². The van der Waals surface area contributed by atoms with Gasteiger partial charge < -0.3 is 14.5 Å². The van der Waals surface area contributed by atoms with Gasteiger partial charge in [-0.3, -0.25) is 4.79 Å². The fraction of sp³-hybridized carbons (Fsp3) is 0.111. The van der Waals surface area contributed by atoms with Gasteiger partial charge in [0.15, 0.2) is 11.5 Å². The van der Waals surface area contributed by atoms with Crippen LogP contribution in [0.15, 0.2) is 94.6 Å². The number of aromatic nitrogens is 2. The molecule has 0 aliphatic heterocycles. The molecule has 0 saturated carbocycles. The van der Waals surface area contributed by atoms with Crippen LogP contribution in [0.3, 0.4) is 0 Å². The molecule has 0 aliphatic rings. The van der Waals surface area contributed by atoms with Crippen LogP contribution in [-0.2, 0) is 0 Å². The van der Waals surface area contributed by atoms with Crippen molar-refractivity contribution in [2.75, 3.05) is 19.5 Å². The zero-order chi connectivity index (χ0) is 22.6. The third-order valence-electron chi connectivity index (χ3n) is 5.40. The molecule has 1 aromatic heterocycles. The maximum absolute atomic E-state index is 12.4. The maximum atomic E-state index is 12.4. The first-order valence-electron chi connectivity index (χ1n) is 10.6. The van der Waals surface area contributed by atoms with E-state index < -0.39 is 0 Å². The molecule has 0 spiro atoms. The number of hydrogen-bond donors (Lipinski definition) is 1. The highest BCUT2D eigenvalue weighted by atomic mass is 32.2. The van der Waals surface area contributed by atoms with Crippen LogP contribution in [0.5, 0.6) is 11.5 Å². The Balaban J connectivity index is 1.30. The molecule has 5 nitrogen and oxygen atoms in total. The second kappa shape index (κ2) is 9.38. The SMILES string of the molecule is COc1cc(-c2nc3ccccc3c(=O)[nH]2)ccc1OCCSc1cccc2ccccc12. The molecule has 6 heteroatoms. The van der Waals surface area contributed by atoms with Crippen LogP contribution >= 0.6 is 11.8 Å². The number of thioether (sulfide) groups is 1. The van der Waals surface area contributed by atoms with Gasteiger partial charge in [-0.2, -0.15) is 0 Å². The van der Waals surface area contributed by atoms with Gasteiger partial charge in [0.25, 0.3) is 5.56 Å². The zero-order valence-electron chi connectivity index (χ0n) is 18.1. The summed E-state index contributed by atoms with van der Waals surface area (Å²) in [5.41, 5.74) is 1.24. The Morgan fingerprint density at radius 2 is 1.67 bits per heavy atom. The average molecular weight is 455 g/mol. The number of ether oxygens (including phenoxy) is 2. The third-order valence-corrected chi connectivity index (χ3v) is 6.44. The quantitative estimate of drug-likeness (QED) is 0.244. The van der Waals surface area contributed by atoms with E-state index in [9.17, 15) is 4.79 Å². The smallest absolute Gasteiger partial charge is 0.259 e. The van der Waals surface area contributed by atoms with Crippen molar-refractivity contribution in [3.05, 3.63) is 95.3 Å². The van der Waals surface area contributed by atoms with Crippen LogP contribution in [0, 0.1) is 0 Å². The predicted octanol–water partition coefficient (Wildman–Crippen LogP) is 5.92. The van der Waals surface area contributed by atoms with Gasteiger partial charge in [0.1, 0.15) is 5.82 Å². The standard InChI is InChI=1S/C27H22N2O3S/c1-31-24-17-19(26-28-22-11-5-4-10-21(22)27(30)29-26)13-14-23(24)32-15-16-33-25-12-6-8-18-7-2-3-9-20(18)25/h2-14,17H,15-16H2,1H3,(H,28,29,30). The number of nitrogens with zero attached hydrogens (tertiary/aromatic N) is 1. The number of fused-ring (bicyclic) bond motifs is 2. The lowest BCUT2D eigenvalue weighted by Crippen LogP contribution is -2.09. The minimum atomic E-state index is -0.166. The van der Waals surface area contributed by atoms with Crippen molar-refractivity contribution < 1.29 is 9.47 Å². The highest BCUT2D eigenvalue weighted by Gasteiger charge is 2.11. The monoisotopic (exact) mass is 454 g/mol. The Morgan fingerprint density at radius 3 is 2.55 bits per heavy atom. The molecular formula is C27H22N2O3S. The molecule has 1 N–H and O–H groups in total. The molecule has 0 amide bonds. The molecular weight excluding hydrogens is 432 g/mol. The van der Waals surface area contributed by atoms with E-state index in [4.69, 9.17) is 9.47 Å². The number of methoxy groups -OCH3 is 1. The fourth-order valence-corrected chi connectivity index (χ4v) is 4.68. The van der Waals surface area contributed by atoms with Crippen LogP contribution in [0.25, 0.3) is 33.1 Å². The van der Waals surface area contributed by atoms with Crippen molar-refractivity contribution in [2.24, 2.45) is 0 Å². The van der Waals surface area contributed by atoms with Gasteiger partial charge in [-0.05, 0) is 47.2 Å². The van der Waals surface area contributed by atoms with Crippen molar-refractivity contribution in [1.29, 1.82) is 0 Å². The van der Waals surface area contributed by atoms with Crippen molar-refractivity contribution in [3.63, 3.8) is 0 Å². The molecule has 1 heterocycles. The number of para-hydroxylation sites is 1. The number of benzene rings is 4. The lowest BCUT2D eigenvalue weighted by atomic mass is 10.1. The molecule has 164 valence electrons. The average Bonchev–Trinajstić information content (AvgIpc) is 2.86. The Bertz CT molecular complexity index is 1490. The molecule has 4 aromatic carbocycles. The molecule has 0 bridgehead atoms. The Kier molecular flexibility index (Phi) is 6.00. The molecule has 0 aliphatic carbocycles. The van der Waals surface area contributed by atoms with E-state index >= 15 is 0 Å². The highest BCUT2D eigenvalue weighted by Crippen LogP contribution is 2.32. The lowest BCUT2D eigenvalue weighted by molar-refractivity contribution is 0.313. The van der Waals surface area contributed by atoms with Crippen LogP contribution in [0.4, 0.5) is 0 Å². The number of hydrogen-bond acceptors (Lipinski definition) is 5. The van der Waals surface area contributed by atoms with E-state index in [0.29, 0.717) is 34.8 Å². The predicted molar refractivity (Wildman–Crippen MR) is 135 cm³/mol. The minimum absolute atomic E-state index is 0.166. The molecule has 0 fully saturated rings. The first-order valence-corrected chi connectivity index (χ1v) is 11.6. The molecule has 5 rings (SSSR count). The topological polar surface area (TPSA) is 64.2 Å². The van der Waals surface area contributed by atoms with Gasteiger partial charge in [0.2, 0.25) is 0 Å². The number of aromatic amines is 1. The maximum Gasteiger partial charge on any atom is 0.259 e. The molecule has 0 atom stereocenters. The van der Waals surface area contributed by atoms with E-state index in [1.807, 2.05) is 36.4 Å². The molecule has 0 radical (unpaired) electrons. The number of rotatable bonds is 7. The van der Waals surface area contributed by atoms with Crippen molar-refractivity contribution in [2.45, 2.75) is 4.90 Å². The number of H-pyrrole nitrogens is 1. The van der Waals surface area contributed by atoms with Gasteiger partial charge in [0.05, 0.1) is 24.6 Å². The second-order valence-electron chi connectivity index (χ2n) is 7.47. The largest absolute Gasteiger partial charge is 0.493 e. The van der Waals surface area contributed by atoms with E-state index in [-0.39, 0.29) is 5.56 Å². The summed E-state index contributed by atoms with van der Waals surface area (Å²) in [6.07, 6.45) is 0. The zero-order valence-corrected chi connectivity index (χ0v) is 18.9. The van der Waals surface area contributed by atoms with Gasteiger partial charge in [-0.1, -0.05) is 48.5 Å². The molecule has 0 saturated heterocycles. The summed E-state index contributed by atoms with van der Waals surface area (Å²) >= 11 is 1.77. The van der Waals surface area contributed by atoms with Crippen LogP contribution < -0.4 is 15.0 Å². The molecule has 0 unspecified atom stereocenters. The van der Waals surface area contributed by atoms with E-state index in [0.717, 1.165) is 11.3 Å². The molecule has 5 aromatic rings. The van der Waals surface area contributed by atoms with Crippen LogP contribution in [0.2, 0.25) is 0 Å². The lowest BCUT2D eigenvalue weighted by Gasteiger charge is -2.12. The van der Waals surface area contributed by atoms with Crippen LogP contribution in [0.1, 0.15) is 0 Å². The summed E-state index contributed by atoms with van der Waals surface area (Å²) in [6.45, 7) is 0.536. The highest BCUT2D eigenvalue weighted by molar-refractivity contribution is 7.99. The van der Waals surface area contributed by atoms with Crippen LogP contribution in [-0.4, -0.2) is 29.4 Å². The first-order chi connectivity index (χ1) is 16.2. The van der Waals surface area contributed by atoms with Gasteiger partial charge in [-0.25, -0.2) is 4.98 Å². The van der Waals surface area contributed by atoms with Gasteiger partial charge in [-0.15, -0.1) is 11.8 Å². The first kappa shape index (κ1) is 21.1. The summed E-state index contributed by atoms with van der Waals surface area (Å²) in [5, 5.41) is 3.06. The summed E-state index contributed by atoms with van der Waals surface area (Å²) in [6, 6.07) is 27.6. The summed E-state index contributed by atoms with van der Waals surface area (Å²) in [5.74, 6) is 2.55. The fourth-order valence-electron chi connectivity index (χ4n) is 3.78. The number of nitrogens with one attached hydrogen (secondary N) is 1. The summed E-state index contributed by atoms with van der Waals surface area (Å²) in [7, 11) is 1.60. The van der Waals surface area contributed by atoms with Crippen molar-refractivity contribution in [3.8, 4) is 22.9 Å². The van der Waals surface area contributed by atoms with E-state index in [2.05, 4.69) is 52.4 Å². The van der Waals surface area contributed by atoms with E-state index in [1.165, 1.54) is 15.7 Å². The third kappa shape index (κ3) is 4.43. The Hall–Kier alpha value is -3.77. The summed E-state index contributed by atoms with van der Waals surface area (Å²) < 4.78 is 11.6. The molecule has 33 heavy (non-hydrogen) atoms. The van der Waals surface area contributed by atoms with Gasteiger partial charge in [0, 0.05) is 16.2 Å². The Labute approximate surface area is 195 Å². The second-order valence-corrected chi connectivity index (χ2v) is 8.61. The van der Waals surface area contributed by atoms with E-state index in [1.54, 1.807) is 24.9 Å². The Morgan fingerprint density at radius 1 is 0.879 bits per heavy atom. The minimum Gasteiger partial charge on any atom is -0.493 e. The normalized spacial score (nSPS) is 11.1.